The number of nitriles is 2. The van der Waals surface area contributed by atoms with E-state index in [0.29, 0.717) is 18.1 Å². The largest absolute Gasteiger partial charge is 0.370 e. The molecule has 0 amide bonds. The highest BCUT2D eigenvalue weighted by atomic mass is 16.5. The second-order valence-corrected chi connectivity index (χ2v) is 11.2. The molecule has 3 aliphatic rings. The Morgan fingerprint density at radius 2 is 1.93 bits per heavy atom. The first kappa shape index (κ1) is 27.2. The molecule has 1 aromatic carbocycles. The first-order valence-corrected chi connectivity index (χ1v) is 14.4. The molecule has 0 radical (unpaired) electrons. The Kier molecular flexibility index (Phi) is 7.84. The summed E-state index contributed by atoms with van der Waals surface area (Å²) in [4.78, 5) is 21.1. The van der Waals surface area contributed by atoms with Crippen molar-refractivity contribution in [2.75, 3.05) is 74.0 Å². The van der Waals surface area contributed by atoms with Gasteiger partial charge in [0, 0.05) is 87.9 Å². The number of aromatic nitrogens is 3. The number of rotatable bonds is 6. The average Bonchev–Trinajstić information content (AvgIpc) is 3.43. The lowest BCUT2D eigenvalue weighted by atomic mass is 10.1. The number of pyridine rings is 1. The van der Waals surface area contributed by atoms with Gasteiger partial charge in [0.15, 0.2) is 0 Å². The summed E-state index contributed by atoms with van der Waals surface area (Å²) in [6.45, 7) is 11.6. The highest BCUT2D eigenvalue weighted by molar-refractivity contribution is 5.95. The summed E-state index contributed by atoms with van der Waals surface area (Å²) >= 11 is 0. The molecule has 11 nitrogen and oxygen atoms in total. The van der Waals surface area contributed by atoms with Gasteiger partial charge in [-0.2, -0.15) is 15.5 Å². The molecule has 4 atom stereocenters. The van der Waals surface area contributed by atoms with E-state index in [1.54, 1.807) is 6.20 Å². The third kappa shape index (κ3) is 5.89. The Labute approximate surface area is 240 Å². The van der Waals surface area contributed by atoms with Crippen LogP contribution in [0.5, 0.6) is 0 Å². The van der Waals surface area contributed by atoms with Gasteiger partial charge in [-0.05, 0) is 38.1 Å². The second-order valence-electron chi connectivity index (χ2n) is 11.2. The molecule has 41 heavy (non-hydrogen) atoms. The van der Waals surface area contributed by atoms with Crippen LogP contribution in [0.2, 0.25) is 0 Å². The van der Waals surface area contributed by atoms with Gasteiger partial charge < -0.3 is 25.2 Å². The molecule has 3 fully saturated rings. The zero-order valence-electron chi connectivity index (χ0n) is 23.6. The van der Waals surface area contributed by atoms with Crippen LogP contribution in [0, 0.1) is 35.5 Å². The van der Waals surface area contributed by atoms with Crippen molar-refractivity contribution in [1.29, 1.82) is 10.5 Å². The summed E-state index contributed by atoms with van der Waals surface area (Å²) in [6.07, 6.45) is 1.93. The smallest absolute Gasteiger partial charge is 0.225 e. The monoisotopic (exact) mass is 552 g/mol. The fourth-order valence-corrected chi connectivity index (χ4v) is 6.22. The quantitative estimate of drug-likeness (QED) is 0.467. The number of aryl methyl sites for hydroxylation is 1. The minimum Gasteiger partial charge on any atom is -0.370 e. The van der Waals surface area contributed by atoms with Gasteiger partial charge in [-0.1, -0.05) is 0 Å². The molecule has 6 rings (SSSR count). The van der Waals surface area contributed by atoms with Crippen LogP contribution in [0.3, 0.4) is 0 Å². The number of hydrogen-bond donors (Lipinski definition) is 2. The zero-order valence-corrected chi connectivity index (χ0v) is 23.6. The van der Waals surface area contributed by atoms with Gasteiger partial charge >= 0.3 is 0 Å². The van der Waals surface area contributed by atoms with E-state index in [4.69, 9.17) is 9.72 Å². The number of benzene rings is 1. The lowest BCUT2D eigenvalue weighted by Gasteiger charge is -2.42. The van der Waals surface area contributed by atoms with Crippen molar-refractivity contribution < 1.29 is 4.74 Å². The molecular weight excluding hydrogens is 516 g/mol. The topological polar surface area (TPSA) is 129 Å². The Hall–Kier alpha value is -4.03. The molecule has 3 aliphatic heterocycles. The SMILES string of the molecule is Cc1cc(N2CCN(C[C@H]3CN(c4ccc(C#N)c5ncccc45)C[C@@H](C)O3)CC2)nc(NC2CNCC2C#N)n1. The van der Waals surface area contributed by atoms with Crippen molar-refractivity contribution in [3.8, 4) is 12.1 Å². The van der Waals surface area contributed by atoms with Crippen LogP contribution >= 0.6 is 0 Å². The van der Waals surface area contributed by atoms with E-state index < -0.39 is 0 Å². The van der Waals surface area contributed by atoms with Crippen molar-refractivity contribution in [3.63, 3.8) is 0 Å². The number of anilines is 3. The number of morpholine rings is 1. The van der Waals surface area contributed by atoms with E-state index in [-0.39, 0.29) is 24.2 Å². The van der Waals surface area contributed by atoms with E-state index >= 15 is 0 Å². The van der Waals surface area contributed by atoms with E-state index in [0.717, 1.165) is 80.5 Å². The molecule has 0 bridgehead atoms. The third-order valence-electron chi connectivity index (χ3n) is 8.23. The maximum absolute atomic E-state index is 9.54. The van der Waals surface area contributed by atoms with Crippen molar-refractivity contribution in [2.24, 2.45) is 5.92 Å². The molecule has 5 heterocycles. The predicted molar refractivity (Wildman–Crippen MR) is 158 cm³/mol. The van der Waals surface area contributed by atoms with Gasteiger partial charge in [0.25, 0.3) is 0 Å². The summed E-state index contributed by atoms with van der Waals surface area (Å²) in [5.74, 6) is 1.43. The number of piperazine rings is 1. The van der Waals surface area contributed by atoms with E-state index in [1.807, 2.05) is 31.2 Å². The Morgan fingerprint density at radius 1 is 1.07 bits per heavy atom. The highest BCUT2D eigenvalue weighted by Gasteiger charge is 2.30. The van der Waals surface area contributed by atoms with E-state index in [1.165, 1.54) is 0 Å². The third-order valence-corrected chi connectivity index (χ3v) is 8.23. The summed E-state index contributed by atoms with van der Waals surface area (Å²) in [6, 6.07) is 14.6. The molecular formula is C30H36N10O. The maximum atomic E-state index is 9.54. The van der Waals surface area contributed by atoms with Crippen LogP contribution < -0.4 is 20.4 Å². The summed E-state index contributed by atoms with van der Waals surface area (Å²) < 4.78 is 6.40. The molecule has 3 aromatic rings. The number of hydrogen-bond acceptors (Lipinski definition) is 11. The molecule has 2 unspecified atom stereocenters. The van der Waals surface area contributed by atoms with Gasteiger partial charge in [0.05, 0.1) is 41.3 Å². The van der Waals surface area contributed by atoms with Gasteiger partial charge in [0.1, 0.15) is 11.9 Å². The number of fused-ring (bicyclic) bond motifs is 1. The van der Waals surface area contributed by atoms with E-state index in [9.17, 15) is 10.5 Å². The molecule has 0 spiro atoms. The van der Waals surface area contributed by atoms with Crippen molar-refractivity contribution in [1.82, 2.24) is 25.2 Å². The maximum Gasteiger partial charge on any atom is 0.225 e. The van der Waals surface area contributed by atoms with E-state index in [2.05, 4.69) is 60.4 Å². The Balaban J connectivity index is 1.08. The van der Waals surface area contributed by atoms with Crippen LogP contribution in [-0.2, 0) is 4.74 Å². The van der Waals surface area contributed by atoms with Crippen LogP contribution in [0.1, 0.15) is 18.2 Å². The summed E-state index contributed by atoms with van der Waals surface area (Å²) in [7, 11) is 0. The first-order valence-electron chi connectivity index (χ1n) is 14.4. The Morgan fingerprint density at radius 3 is 2.73 bits per heavy atom. The van der Waals surface area contributed by atoms with Crippen LogP contribution in [0.15, 0.2) is 36.5 Å². The average molecular weight is 553 g/mol. The second kappa shape index (κ2) is 11.8. The summed E-state index contributed by atoms with van der Waals surface area (Å²) in [5.41, 5.74) is 3.37. The highest BCUT2D eigenvalue weighted by Crippen LogP contribution is 2.30. The number of ether oxygens (including phenoxy) is 1. The van der Waals surface area contributed by atoms with Gasteiger partial charge in [-0.3, -0.25) is 9.88 Å². The van der Waals surface area contributed by atoms with Crippen molar-refractivity contribution in [2.45, 2.75) is 32.1 Å². The molecule has 212 valence electrons. The fourth-order valence-electron chi connectivity index (χ4n) is 6.22. The predicted octanol–water partition coefficient (Wildman–Crippen LogP) is 2.14. The molecule has 11 heteroatoms. The summed E-state index contributed by atoms with van der Waals surface area (Å²) in [5, 5.41) is 26.6. The van der Waals surface area contributed by atoms with Crippen LogP contribution in [0.25, 0.3) is 10.9 Å². The number of nitrogens with one attached hydrogen (secondary N) is 2. The van der Waals surface area contributed by atoms with Crippen LogP contribution in [-0.4, -0.2) is 97.0 Å². The lowest BCUT2D eigenvalue weighted by Crippen LogP contribution is -2.54. The molecule has 2 aromatic heterocycles. The normalized spacial score (nSPS) is 25.2. The lowest BCUT2D eigenvalue weighted by molar-refractivity contribution is -0.0327. The van der Waals surface area contributed by atoms with Gasteiger partial charge in [-0.25, -0.2) is 4.98 Å². The Bertz CT molecular complexity index is 1470. The standard InChI is InChI=1S/C30H36N10O/c1-20-12-28(37-30(35-20)36-26-16-33-15-23(26)14-32)39-10-8-38(9-11-39)18-24-19-40(17-21(2)41-24)27-6-5-22(13-31)29-25(27)4-3-7-34-29/h3-7,12,21,23-24,26,33H,8-11,15-19H2,1-2H3,(H,35,36,37)/t21-,23?,24+,26?/m1/s1. The molecule has 3 saturated heterocycles. The van der Waals surface area contributed by atoms with Crippen molar-refractivity contribution >= 4 is 28.4 Å². The number of nitrogens with zero attached hydrogens (tertiary/aromatic N) is 8. The van der Waals surface area contributed by atoms with Crippen molar-refractivity contribution in [3.05, 3.63) is 47.8 Å². The van der Waals surface area contributed by atoms with Gasteiger partial charge in [0.2, 0.25) is 5.95 Å². The van der Waals surface area contributed by atoms with Crippen LogP contribution in [0.4, 0.5) is 17.5 Å². The first-order chi connectivity index (χ1) is 20.0. The molecule has 0 aliphatic carbocycles. The van der Waals surface area contributed by atoms with Gasteiger partial charge in [-0.15, -0.1) is 0 Å². The zero-order chi connectivity index (χ0) is 28.3. The minimum absolute atomic E-state index is 0.0162. The molecule has 2 N–H and O–H groups in total. The minimum atomic E-state index is -0.0842. The fraction of sp³-hybridized carbons (Fsp3) is 0.500. The molecule has 0 saturated carbocycles.